The van der Waals surface area contributed by atoms with E-state index in [1.165, 1.54) is 17.0 Å². The smallest absolute Gasteiger partial charge is 0.306 e. The van der Waals surface area contributed by atoms with Gasteiger partial charge in [0.15, 0.2) is 5.78 Å². The van der Waals surface area contributed by atoms with E-state index in [1.54, 1.807) is 12.1 Å². The van der Waals surface area contributed by atoms with Gasteiger partial charge in [-0.15, -0.1) is 0 Å². The van der Waals surface area contributed by atoms with E-state index in [2.05, 4.69) is 0 Å². The van der Waals surface area contributed by atoms with Gasteiger partial charge in [0.05, 0.1) is 20.6 Å². The molecule has 0 bridgehead atoms. The van der Waals surface area contributed by atoms with Gasteiger partial charge in [0.1, 0.15) is 23.4 Å². The number of carboxylic acid groups (broad SMARTS) is 1. The highest BCUT2D eigenvalue weighted by Crippen LogP contribution is 2.40. The minimum Gasteiger partial charge on any atom is -0.494 e. The highest BCUT2D eigenvalue weighted by Gasteiger charge is 2.44. The number of hydrogen-bond donors (Lipinski definition) is 1. The Kier molecular flexibility index (Phi) is 7.55. The summed E-state index contributed by atoms with van der Waals surface area (Å²) in [6, 6.07) is 6.94. The molecule has 6 nitrogen and oxygen atoms in total. The van der Waals surface area contributed by atoms with Crippen molar-refractivity contribution in [1.82, 2.24) is 4.90 Å². The van der Waals surface area contributed by atoms with Crippen LogP contribution < -0.4 is 9.92 Å². The van der Waals surface area contributed by atoms with Crippen LogP contribution in [0.25, 0.3) is 0 Å². The lowest BCUT2D eigenvalue weighted by Crippen LogP contribution is -2.49. The fourth-order valence-corrected chi connectivity index (χ4v) is 7.02. The normalized spacial score (nSPS) is 21.1. The molecule has 1 aliphatic heterocycles. The zero-order valence-electron chi connectivity index (χ0n) is 21.6. The molecule has 0 radical (unpaired) electrons. The first-order valence-corrected chi connectivity index (χ1v) is 16.2. The maximum Gasteiger partial charge on any atom is 0.306 e. The van der Waals surface area contributed by atoms with Crippen molar-refractivity contribution in [2.75, 3.05) is 13.2 Å². The fraction of sp³-hybridized carbons (Fsp3) is 0.464. The number of hydrogen-bond acceptors (Lipinski definition) is 4. The lowest BCUT2D eigenvalue weighted by Gasteiger charge is -2.41. The van der Waals surface area contributed by atoms with Crippen LogP contribution in [-0.4, -0.2) is 48.9 Å². The average Bonchev–Trinajstić information content (AvgIpc) is 2.75. The predicted octanol–water partition coefficient (Wildman–Crippen LogP) is 4.26. The summed E-state index contributed by atoms with van der Waals surface area (Å²) in [6.45, 7) is 8.22. The van der Waals surface area contributed by atoms with Crippen molar-refractivity contribution < 1.29 is 33.0 Å². The first-order valence-electron chi connectivity index (χ1n) is 12.7. The molecule has 2 aromatic rings. The van der Waals surface area contributed by atoms with Crippen molar-refractivity contribution in [2.24, 2.45) is 11.8 Å². The summed E-state index contributed by atoms with van der Waals surface area (Å²) in [4.78, 5) is 39.9. The van der Waals surface area contributed by atoms with E-state index in [-0.39, 0.29) is 41.7 Å². The summed E-state index contributed by atoms with van der Waals surface area (Å²) in [6.07, 6.45) is 0.783. The molecule has 1 fully saturated rings. The summed E-state index contributed by atoms with van der Waals surface area (Å²) in [7, 11) is -2.27. The predicted molar refractivity (Wildman–Crippen MR) is 138 cm³/mol. The molecule has 1 saturated carbocycles. The topological polar surface area (TPSA) is 83.9 Å². The molecule has 0 spiro atoms. The Labute approximate surface area is 216 Å². The van der Waals surface area contributed by atoms with Gasteiger partial charge in [-0.1, -0.05) is 25.7 Å². The van der Waals surface area contributed by atoms with Crippen LogP contribution in [-0.2, 0) is 27.2 Å². The summed E-state index contributed by atoms with van der Waals surface area (Å²) < 4.78 is 35.4. The number of carbonyl (C=O) groups is 3. The average molecular weight is 530 g/mol. The Bertz CT molecular complexity index is 1210. The van der Waals surface area contributed by atoms with E-state index >= 15 is 0 Å². The number of amides is 1. The lowest BCUT2D eigenvalue weighted by molar-refractivity contribution is -0.154. The standard InChI is InChI=1S/C28H33F2NO5Si/c1-5-36-20-6-7-21-17(15-20)8-9-31(27(33)18-13-19(14-18)28(34)35)25(21)24(32)12-16-10-22(29)26(23(30)11-16)37(2,3)4/h6-7,10-11,15,18-19,25H,5,8-9,12-14H2,1-4H3,(H,34,35). The molecular formula is C28H33F2NO5Si. The molecular weight excluding hydrogens is 496 g/mol. The Morgan fingerprint density at radius 1 is 1.05 bits per heavy atom. The molecule has 37 heavy (non-hydrogen) atoms. The second-order valence-corrected chi connectivity index (χ2v) is 16.0. The minimum atomic E-state index is -2.27. The molecule has 1 aliphatic carbocycles. The quantitative estimate of drug-likeness (QED) is 0.517. The highest BCUT2D eigenvalue weighted by atomic mass is 28.3. The second-order valence-electron chi connectivity index (χ2n) is 11.0. The Balaban J connectivity index is 1.65. The molecule has 9 heteroatoms. The number of carbonyl (C=O) groups excluding carboxylic acids is 2. The molecule has 2 aromatic carbocycles. The number of ketones is 1. The van der Waals surface area contributed by atoms with Gasteiger partial charge in [0, 0.05) is 24.1 Å². The summed E-state index contributed by atoms with van der Waals surface area (Å²) in [5, 5.41) is 9.31. The van der Waals surface area contributed by atoms with Gasteiger partial charge in [-0.2, -0.15) is 0 Å². The number of ether oxygens (including phenoxy) is 1. The highest BCUT2D eigenvalue weighted by molar-refractivity contribution is 6.88. The fourth-order valence-electron chi connectivity index (χ4n) is 5.44. The number of benzene rings is 2. The molecule has 2 aliphatic rings. The van der Waals surface area contributed by atoms with Crippen LogP contribution in [0.2, 0.25) is 19.6 Å². The van der Waals surface area contributed by atoms with Crippen LogP contribution in [0.1, 0.15) is 42.5 Å². The van der Waals surface area contributed by atoms with Gasteiger partial charge in [0.2, 0.25) is 5.91 Å². The monoisotopic (exact) mass is 529 g/mol. The zero-order chi connectivity index (χ0) is 27.1. The third-order valence-corrected chi connectivity index (χ3v) is 9.29. The number of Topliss-reactive ketones (excluding diaryl/α,β-unsaturated/α-hetero) is 1. The molecule has 0 aromatic heterocycles. The number of fused-ring (bicyclic) bond motifs is 1. The molecule has 1 heterocycles. The first kappa shape index (κ1) is 27.0. The molecule has 1 unspecified atom stereocenters. The van der Waals surface area contributed by atoms with E-state index in [1.807, 2.05) is 32.6 Å². The summed E-state index contributed by atoms with van der Waals surface area (Å²) in [5.74, 6) is -3.13. The van der Waals surface area contributed by atoms with Gasteiger partial charge in [-0.3, -0.25) is 14.4 Å². The van der Waals surface area contributed by atoms with Gasteiger partial charge in [-0.25, -0.2) is 8.78 Å². The third kappa shape index (κ3) is 5.46. The van der Waals surface area contributed by atoms with E-state index in [4.69, 9.17) is 4.74 Å². The number of halogens is 2. The number of nitrogens with zero attached hydrogens (tertiary/aromatic N) is 1. The minimum absolute atomic E-state index is 0.102. The third-order valence-electron chi connectivity index (χ3n) is 7.31. The molecule has 1 atom stereocenters. The zero-order valence-corrected chi connectivity index (χ0v) is 22.6. The second kappa shape index (κ2) is 10.4. The van der Waals surface area contributed by atoms with Gasteiger partial charge >= 0.3 is 5.97 Å². The molecule has 4 rings (SSSR count). The molecule has 1 amide bonds. The maximum atomic E-state index is 14.9. The Morgan fingerprint density at radius 2 is 1.70 bits per heavy atom. The van der Waals surface area contributed by atoms with E-state index in [0.717, 1.165) is 5.56 Å². The van der Waals surface area contributed by atoms with E-state index < -0.39 is 43.6 Å². The first-order chi connectivity index (χ1) is 17.4. The van der Waals surface area contributed by atoms with Crippen molar-refractivity contribution in [3.63, 3.8) is 0 Å². The van der Waals surface area contributed by atoms with Crippen molar-refractivity contribution in [1.29, 1.82) is 0 Å². The van der Waals surface area contributed by atoms with Crippen molar-refractivity contribution in [3.05, 3.63) is 58.7 Å². The molecule has 198 valence electrons. The summed E-state index contributed by atoms with van der Waals surface area (Å²) >= 11 is 0. The Hall–Kier alpha value is -3.07. The van der Waals surface area contributed by atoms with Crippen molar-refractivity contribution in [3.8, 4) is 5.75 Å². The van der Waals surface area contributed by atoms with Gasteiger partial charge < -0.3 is 14.7 Å². The van der Waals surface area contributed by atoms with Crippen LogP contribution in [0, 0.1) is 23.5 Å². The van der Waals surface area contributed by atoms with Crippen LogP contribution in [0.4, 0.5) is 8.78 Å². The van der Waals surface area contributed by atoms with Crippen LogP contribution >= 0.6 is 0 Å². The number of aliphatic carboxylic acids is 1. The van der Waals surface area contributed by atoms with Gasteiger partial charge in [0.25, 0.3) is 0 Å². The van der Waals surface area contributed by atoms with Crippen LogP contribution in [0.15, 0.2) is 30.3 Å². The number of carboxylic acids is 1. The Morgan fingerprint density at radius 3 is 2.27 bits per heavy atom. The largest absolute Gasteiger partial charge is 0.494 e. The number of rotatable bonds is 8. The van der Waals surface area contributed by atoms with E-state index in [0.29, 0.717) is 30.9 Å². The van der Waals surface area contributed by atoms with Crippen LogP contribution in [0.3, 0.4) is 0 Å². The van der Waals surface area contributed by atoms with Crippen molar-refractivity contribution in [2.45, 2.75) is 58.3 Å². The lowest BCUT2D eigenvalue weighted by atomic mass is 9.73. The van der Waals surface area contributed by atoms with Crippen LogP contribution in [0.5, 0.6) is 5.75 Å². The van der Waals surface area contributed by atoms with Gasteiger partial charge in [-0.05, 0) is 67.1 Å². The summed E-state index contributed by atoms with van der Waals surface area (Å²) in [5.41, 5.74) is 1.78. The van der Waals surface area contributed by atoms with E-state index in [9.17, 15) is 28.3 Å². The molecule has 0 saturated heterocycles. The molecule has 1 N–H and O–H groups in total. The maximum absolute atomic E-state index is 14.9. The van der Waals surface area contributed by atoms with Crippen molar-refractivity contribution >= 4 is 30.9 Å². The SMILES string of the molecule is CCOc1ccc2c(c1)CCN(C(=O)C1CC(C(=O)O)C1)C2C(=O)Cc1cc(F)c([Si](C)(C)C)c(F)c1.